The lowest BCUT2D eigenvalue weighted by Gasteiger charge is -2.46. The molecule has 506 valence electrons. The number of furan rings is 2. The molecule has 0 saturated heterocycles. The number of benzene rings is 13. The summed E-state index contributed by atoms with van der Waals surface area (Å²) in [4.78, 5) is 5.43. The van der Waals surface area contributed by atoms with Crippen LogP contribution in [-0.2, 0) is 27.1 Å². The topological polar surface area (TPSA) is 32.8 Å². The van der Waals surface area contributed by atoms with Gasteiger partial charge < -0.3 is 18.6 Å². The summed E-state index contributed by atoms with van der Waals surface area (Å²) in [6.07, 6.45) is 0. The number of hydrogen-bond donors (Lipinski definition) is 0. The number of hydrogen-bond acceptors (Lipinski definition) is 4. The molecule has 15 aromatic rings. The standard InChI is InChI=1S/C98H89BN2O2/c1-94(2,3)66-32-20-28-60(52-66)73-40-24-41-74(61-29-21-33-67(53-61)95(4,5)6)92(73)100-81-50-48-64(71-38-26-46-87-89(71)77-36-16-18-44-85(77)102-87)56-79(81)99-80-57-65(72-39-27-47-88-90(72)78-37-17-19-45-86(78)103-88)49-51-82(80)101(84-59-70(98(13,14)15)58-83(100)91(84)99)93-75(62-30-22-34-68(54-62)96(7,8)9)42-25-43-76(93)63-31-23-35-69(55-63)97(10,11)12/h16-59H,1-15H3. The maximum atomic E-state index is 6.74. The highest BCUT2D eigenvalue weighted by atomic mass is 16.3. The van der Waals surface area contributed by atoms with Crippen molar-refractivity contribution in [3.8, 4) is 66.8 Å². The highest BCUT2D eigenvalue weighted by Crippen LogP contribution is 2.55. The van der Waals surface area contributed by atoms with Gasteiger partial charge in [0.25, 0.3) is 6.71 Å². The van der Waals surface area contributed by atoms with Crippen molar-refractivity contribution in [1.29, 1.82) is 0 Å². The minimum absolute atomic E-state index is 0.108. The lowest BCUT2D eigenvalue weighted by molar-refractivity contribution is 0.590. The molecular weight excluding hydrogens is 1250 g/mol. The summed E-state index contributed by atoms with van der Waals surface area (Å²) in [5, 5.41) is 4.42. The van der Waals surface area contributed by atoms with Crippen LogP contribution in [0.5, 0.6) is 0 Å². The second-order valence-electron chi connectivity index (χ2n) is 34.1. The first-order chi connectivity index (χ1) is 49.2. The van der Waals surface area contributed by atoms with Crippen LogP contribution in [0.15, 0.2) is 276 Å². The summed E-state index contributed by atoms with van der Waals surface area (Å²) in [5.41, 5.74) is 33.4. The van der Waals surface area contributed by atoms with E-state index in [9.17, 15) is 0 Å². The van der Waals surface area contributed by atoms with Crippen molar-refractivity contribution < 1.29 is 8.83 Å². The molecule has 0 spiro atoms. The van der Waals surface area contributed by atoms with E-state index in [-0.39, 0.29) is 33.8 Å². The van der Waals surface area contributed by atoms with Gasteiger partial charge in [-0.15, -0.1) is 0 Å². The molecule has 0 fully saturated rings. The van der Waals surface area contributed by atoms with Crippen LogP contribution >= 0.6 is 0 Å². The second kappa shape index (κ2) is 23.9. The van der Waals surface area contributed by atoms with Crippen LogP contribution in [0.2, 0.25) is 0 Å². The molecule has 103 heavy (non-hydrogen) atoms. The van der Waals surface area contributed by atoms with Crippen LogP contribution < -0.4 is 26.2 Å². The quantitative estimate of drug-likeness (QED) is 0.142. The molecule has 2 aromatic heterocycles. The molecule has 0 aliphatic carbocycles. The van der Waals surface area contributed by atoms with Crippen molar-refractivity contribution in [2.24, 2.45) is 0 Å². The minimum Gasteiger partial charge on any atom is -0.456 e. The Balaban J connectivity index is 1.06. The summed E-state index contributed by atoms with van der Waals surface area (Å²) < 4.78 is 13.5. The summed E-state index contributed by atoms with van der Waals surface area (Å²) in [7, 11) is 0. The van der Waals surface area contributed by atoms with Gasteiger partial charge >= 0.3 is 0 Å². The van der Waals surface area contributed by atoms with Gasteiger partial charge in [-0.2, -0.15) is 0 Å². The molecule has 2 aliphatic heterocycles. The fourth-order valence-electron chi connectivity index (χ4n) is 16.4. The van der Waals surface area contributed by atoms with Crippen LogP contribution in [0, 0.1) is 0 Å². The van der Waals surface area contributed by atoms with E-state index in [0.29, 0.717) is 0 Å². The van der Waals surface area contributed by atoms with Crippen molar-refractivity contribution in [1.82, 2.24) is 0 Å². The minimum atomic E-state index is -0.320. The van der Waals surface area contributed by atoms with Crippen molar-refractivity contribution in [3.05, 3.63) is 295 Å². The summed E-state index contributed by atoms with van der Waals surface area (Å²) in [6.45, 7) is 34.8. The highest BCUT2D eigenvalue weighted by Gasteiger charge is 2.46. The smallest absolute Gasteiger partial charge is 0.252 e. The van der Waals surface area contributed by atoms with Gasteiger partial charge in [-0.3, -0.25) is 0 Å². The van der Waals surface area contributed by atoms with E-state index >= 15 is 0 Å². The fraction of sp³-hybridized carbons (Fsp3) is 0.204. The van der Waals surface area contributed by atoms with Gasteiger partial charge in [0.1, 0.15) is 22.3 Å². The van der Waals surface area contributed by atoms with Crippen molar-refractivity contribution >= 4 is 101 Å². The monoisotopic (exact) mass is 1340 g/mol. The first-order valence-electron chi connectivity index (χ1n) is 36.8. The average Bonchev–Trinajstić information content (AvgIpc) is 1.39. The highest BCUT2D eigenvalue weighted by molar-refractivity contribution is 7.00. The predicted molar refractivity (Wildman–Crippen MR) is 441 cm³/mol. The van der Waals surface area contributed by atoms with Gasteiger partial charge in [0.2, 0.25) is 0 Å². The zero-order valence-corrected chi connectivity index (χ0v) is 62.2. The Morgan fingerprint density at radius 2 is 0.534 bits per heavy atom. The Morgan fingerprint density at radius 3 is 0.874 bits per heavy atom. The molecule has 17 rings (SSSR count). The molecule has 0 saturated carbocycles. The molecule has 2 aliphatic rings. The fourth-order valence-corrected chi connectivity index (χ4v) is 16.4. The summed E-state index contributed by atoms with van der Waals surface area (Å²) in [6, 6.07) is 102. The predicted octanol–water partition coefficient (Wildman–Crippen LogP) is 26.1. The maximum absolute atomic E-state index is 6.74. The molecule has 13 aromatic carbocycles. The Bertz CT molecular complexity index is 5430. The zero-order chi connectivity index (χ0) is 71.4. The van der Waals surface area contributed by atoms with Crippen LogP contribution in [-0.4, -0.2) is 6.71 Å². The van der Waals surface area contributed by atoms with Crippen molar-refractivity contribution in [2.75, 3.05) is 9.80 Å². The van der Waals surface area contributed by atoms with E-state index in [1.54, 1.807) is 0 Å². The van der Waals surface area contributed by atoms with E-state index in [0.717, 1.165) is 123 Å². The third-order valence-electron chi connectivity index (χ3n) is 22.0. The molecule has 0 atom stereocenters. The molecule has 5 heteroatoms. The van der Waals surface area contributed by atoms with Crippen LogP contribution in [0.3, 0.4) is 0 Å². The summed E-state index contributed by atoms with van der Waals surface area (Å²) in [5.74, 6) is 0. The molecule has 0 radical (unpaired) electrons. The SMILES string of the molecule is CC(C)(C)c1cccc(-c2cccc(-c3cccc(C(C)(C)C)c3)c2N2c3ccc(-c4cccc5oc6ccccc6c45)cc3B3c4cc(-c5cccc6oc7ccccc7c56)ccc4N(c4c(-c5cccc(C(C)(C)C)c5)cccc4-c4cccc(C(C)(C)C)c4)c4cc(C(C)(C)C)cc2c43)c1. The van der Waals surface area contributed by atoms with Crippen LogP contribution in [0.4, 0.5) is 34.1 Å². The third kappa shape index (κ3) is 11.1. The number of para-hydroxylation sites is 4. The number of nitrogens with zero attached hydrogens (tertiary/aromatic N) is 2. The number of rotatable bonds is 8. The molecule has 0 N–H and O–H groups in total. The molecule has 0 unspecified atom stereocenters. The van der Waals surface area contributed by atoms with Gasteiger partial charge in [0.15, 0.2) is 0 Å². The van der Waals surface area contributed by atoms with E-state index in [1.807, 2.05) is 0 Å². The van der Waals surface area contributed by atoms with E-state index in [4.69, 9.17) is 8.83 Å². The molecule has 0 bridgehead atoms. The lowest BCUT2D eigenvalue weighted by atomic mass is 9.33. The van der Waals surface area contributed by atoms with Crippen molar-refractivity contribution in [2.45, 2.75) is 131 Å². The van der Waals surface area contributed by atoms with Gasteiger partial charge in [-0.25, -0.2) is 0 Å². The molecular formula is C98H89BN2O2. The Hall–Kier alpha value is -10.9. The zero-order valence-electron chi connectivity index (χ0n) is 62.2. The first kappa shape index (κ1) is 65.4. The Labute approximate surface area is 608 Å². The van der Waals surface area contributed by atoms with Crippen LogP contribution in [0.1, 0.15) is 132 Å². The van der Waals surface area contributed by atoms with Gasteiger partial charge in [0, 0.05) is 66.5 Å². The van der Waals surface area contributed by atoms with Gasteiger partial charge in [-0.1, -0.05) is 322 Å². The Morgan fingerprint density at radius 1 is 0.243 bits per heavy atom. The second-order valence-corrected chi connectivity index (χ2v) is 34.1. The van der Waals surface area contributed by atoms with Gasteiger partial charge in [-0.05, 0) is 164 Å². The van der Waals surface area contributed by atoms with Crippen molar-refractivity contribution in [3.63, 3.8) is 0 Å². The van der Waals surface area contributed by atoms with E-state index < -0.39 is 0 Å². The third-order valence-corrected chi connectivity index (χ3v) is 22.0. The number of anilines is 6. The first-order valence-corrected chi connectivity index (χ1v) is 36.8. The molecule has 4 nitrogen and oxygen atoms in total. The number of fused-ring (bicyclic) bond motifs is 10. The van der Waals surface area contributed by atoms with E-state index in [2.05, 4.69) is 381 Å². The maximum Gasteiger partial charge on any atom is 0.252 e. The summed E-state index contributed by atoms with van der Waals surface area (Å²) >= 11 is 0. The van der Waals surface area contributed by atoms with Gasteiger partial charge in [0.05, 0.1) is 11.4 Å². The Kier molecular flexibility index (Phi) is 15.2. The molecule has 4 heterocycles. The lowest BCUT2D eigenvalue weighted by Crippen LogP contribution is -2.61. The normalized spacial score (nSPS) is 13.3. The average molecular weight is 1340 g/mol. The van der Waals surface area contributed by atoms with Crippen LogP contribution in [0.25, 0.3) is 111 Å². The molecule has 0 amide bonds. The largest absolute Gasteiger partial charge is 0.456 e. The van der Waals surface area contributed by atoms with E-state index in [1.165, 1.54) is 66.5 Å².